The van der Waals surface area contributed by atoms with Crippen LogP contribution in [-0.4, -0.2) is 57.5 Å². The van der Waals surface area contributed by atoms with E-state index in [0.717, 1.165) is 6.26 Å². The Balaban J connectivity index is 2.83. The number of primary sulfonamides is 1. The third-order valence-electron chi connectivity index (χ3n) is 3.14. The van der Waals surface area contributed by atoms with Crippen LogP contribution in [0.5, 0.6) is 0 Å². The fourth-order valence-corrected chi connectivity index (χ4v) is 3.25. The maximum atomic E-state index is 11.9. The van der Waals surface area contributed by atoms with Crippen molar-refractivity contribution < 1.29 is 21.6 Å². The number of carbonyl (C=O) groups is 1. The number of amides is 1. The van der Waals surface area contributed by atoms with Crippen molar-refractivity contribution in [1.29, 1.82) is 0 Å². The molecule has 0 aliphatic carbocycles. The van der Waals surface area contributed by atoms with Crippen molar-refractivity contribution in [2.45, 2.75) is 30.3 Å². The number of likely N-dealkylation sites (tertiary alicyclic amines) is 1. The van der Waals surface area contributed by atoms with Crippen molar-refractivity contribution in [2.75, 3.05) is 19.3 Å². The van der Waals surface area contributed by atoms with E-state index in [-0.39, 0.29) is 6.54 Å². The molecule has 2 N–H and O–H groups in total. The summed E-state index contributed by atoms with van der Waals surface area (Å²) in [6.07, 6.45) is 1.88. The maximum Gasteiger partial charge on any atom is 0.240 e. The second kappa shape index (κ2) is 5.14. The normalized spacial score (nSPS) is 23.7. The van der Waals surface area contributed by atoms with Crippen LogP contribution in [0.15, 0.2) is 0 Å². The summed E-state index contributed by atoms with van der Waals surface area (Å²) in [6, 6.07) is 0. The molecule has 9 heteroatoms. The maximum absolute atomic E-state index is 11.9. The Kier molecular flexibility index (Phi) is 4.39. The molecule has 2 unspecified atom stereocenters. The molecule has 1 saturated heterocycles. The zero-order valence-electron chi connectivity index (χ0n) is 10.4. The fourth-order valence-electron chi connectivity index (χ4n) is 1.85. The lowest BCUT2D eigenvalue weighted by Gasteiger charge is -2.32. The summed E-state index contributed by atoms with van der Waals surface area (Å²) in [7, 11) is -7.17. The Labute approximate surface area is 107 Å². The lowest BCUT2D eigenvalue weighted by molar-refractivity contribution is -0.131. The molecule has 1 heterocycles. The zero-order valence-corrected chi connectivity index (χ0v) is 12.0. The van der Waals surface area contributed by atoms with Gasteiger partial charge in [-0.05, 0) is 19.8 Å². The molecule has 0 aromatic carbocycles. The Hall–Kier alpha value is -0.670. The van der Waals surface area contributed by atoms with Gasteiger partial charge < -0.3 is 4.90 Å². The average molecular weight is 298 g/mol. The van der Waals surface area contributed by atoms with Crippen molar-refractivity contribution in [2.24, 2.45) is 5.14 Å². The fraction of sp³-hybridized carbons (Fsp3) is 0.889. The minimum atomic E-state index is -3.70. The van der Waals surface area contributed by atoms with Crippen molar-refractivity contribution in [3.05, 3.63) is 0 Å². The van der Waals surface area contributed by atoms with Gasteiger partial charge in [-0.25, -0.2) is 22.0 Å². The predicted molar refractivity (Wildman–Crippen MR) is 67.0 cm³/mol. The standard InChI is InChI=1S/C9H18N2O5S2/c1-7(17(2,13)14)9(12)11-5-3-4-8(6-11)18(10,15)16/h7-8H,3-6H2,1-2H3,(H2,10,15,16). The average Bonchev–Trinajstić information content (AvgIpc) is 2.25. The van der Waals surface area contributed by atoms with Crippen LogP contribution in [0.3, 0.4) is 0 Å². The molecular weight excluding hydrogens is 280 g/mol. The van der Waals surface area contributed by atoms with Crippen LogP contribution in [0.1, 0.15) is 19.8 Å². The van der Waals surface area contributed by atoms with Crippen LogP contribution in [0.25, 0.3) is 0 Å². The van der Waals surface area contributed by atoms with E-state index in [2.05, 4.69) is 0 Å². The number of carbonyl (C=O) groups excluding carboxylic acids is 1. The monoisotopic (exact) mass is 298 g/mol. The van der Waals surface area contributed by atoms with E-state index in [1.165, 1.54) is 11.8 Å². The Morgan fingerprint density at radius 3 is 2.33 bits per heavy atom. The molecule has 1 amide bonds. The van der Waals surface area contributed by atoms with Gasteiger partial charge in [0, 0.05) is 19.3 Å². The molecule has 1 fully saturated rings. The molecule has 1 aliphatic rings. The first-order chi connectivity index (χ1) is 8.03. The number of sulfone groups is 1. The summed E-state index contributed by atoms with van der Waals surface area (Å²) in [5, 5.41) is 3.09. The van der Waals surface area contributed by atoms with Crippen molar-refractivity contribution in [3.63, 3.8) is 0 Å². The lowest BCUT2D eigenvalue weighted by atomic mass is 10.1. The van der Waals surface area contributed by atoms with Crippen molar-refractivity contribution in [3.8, 4) is 0 Å². The minimum Gasteiger partial charge on any atom is -0.340 e. The highest BCUT2D eigenvalue weighted by Gasteiger charge is 2.34. The number of nitrogens with zero attached hydrogens (tertiary/aromatic N) is 1. The molecule has 7 nitrogen and oxygen atoms in total. The van der Waals surface area contributed by atoms with Crippen LogP contribution in [-0.2, 0) is 24.7 Å². The Morgan fingerprint density at radius 1 is 1.33 bits per heavy atom. The van der Waals surface area contributed by atoms with Gasteiger partial charge in [0.05, 0.1) is 5.25 Å². The van der Waals surface area contributed by atoms with E-state index in [1.54, 1.807) is 0 Å². The summed E-state index contributed by atoms with van der Waals surface area (Å²) >= 11 is 0. The number of piperidine rings is 1. The molecule has 0 spiro atoms. The molecule has 2 atom stereocenters. The SMILES string of the molecule is CC(C(=O)N1CCCC(S(N)(=O)=O)C1)S(C)(=O)=O. The van der Waals surface area contributed by atoms with E-state index >= 15 is 0 Å². The second-order valence-corrected chi connectivity index (χ2v) is 8.82. The molecule has 0 aromatic rings. The highest BCUT2D eigenvalue weighted by molar-refractivity contribution is 7.92. The first-order valence-corrected chi connectivity index (χ1v) is 9.09. The van der Waals surface area contributed by atoms with E-state index in [0.29, 0.717) is 19.4 Å². The molecular formula is C9H18N2O5S2. The van der Waals surface area contributed by atoms with E-state index in [9.17, 15) is 21.6 Å². The third kappa shape index (κ3) is 3.66. The van der Waals surface area contributed by atoms with Crippen LogP contribution < -0.4 is 5.14 Å². The van der Waals surface area contributed by atoms with Gasteiger partial charge in [-0.3, -0.25) is 4.79 Å². The molecule has 0 aromatic heterocycles. The first kappa shape index (κ1) is 15.4. The molecule has 0 radical (unpaired) electrons. The van der Waals surface area contributed by atoms with Gasteiger partial charge in [-0.1, -0.05) is 0 Å². The van der Waals surface area contributed by atoms with Crippen LogP contribution in [0, 0.1) is 0 Å². The summed E-state index contributed by atoms with van der Waals surface area (Å²) in [5.74, 6) is -0.564. The topological polar surface area (TPSA) is 115 Å². The van der Waals surface area contributed by atoms with Crippen molar-refractivity contribution in [1.82, 2.24) is 4.90 Å². The van der Waals surface area contributed by atoms with Gasteiger partial charge in [0.15, 0.2) is 9.84 Å². The van der Waals surface area contributed by atoms with E-state index in [4.69, 9.17) is 5.14 Å². The van der Waals surface area contributed by atoms with Crippen LogP contribution in [0.4, 0.5) is 0 Å². The van der Waals surface area contributed by atoms with Crippen LogP contribution in [0.2, 0.25) is 0 Å². The van der Waals surface area contributed by atoms with E-state index < -0.39 is 36.3 Å². The predicted octanol–water partition coefficient (Wildman–Crippen LogP) is -1.30. The van der Waals surface area contributed by atoms with E-state index in [1.807, 2.05) is 0 Å². The third-order valence-corrected chi connectivity index (χ3v) is 5.94. The second-order valence-electron chi connectivity index (χ2n) is 4.61. The van der Waals surface area contributed by atoms with Gasteiger partial charge in [0.2, 0.25) is 15.9 Å². The number of rotatable bonds is 3. The largest absolute Gasteiger partial charge is 0.340 e. The number of nitrogens with two attached hydrogens (primary N) is 1. The van der Waals surface area contributed by atoms with Gasteiger partial charge in [-0.15, -0.1) is 0 Å². The van der Waals surface area contributed by atoms with Gasteiger partial charge >= 0.3 is 0 Å². The smallest absolute Gasteiger partial charge is 0.240 e. The minimum absolute atomic E-state index is 0.0302. The summed E-state index contributed by atoms with van der Waals surface area (Å²) in [6.45, 7) is 1.64. The highest BCUT2D eigenvalue weighted by atomic mass is 32.2. The summed E-state index contributed by atoms with van der Waals surface area (Å²) in [4.78, 5) is 13.2. The van der Waals surface area contributed by atoms with Crippen molar-refractivity contribution >= 4 is 25.8 Å². The van der Waals surface area contributed by atoms with Gasteiger partial charge in [0.1, 0.15) is 5.25 Å². The number of sulfonamides is 1. The highest BCUT2D eigenvalue weighted by Crippen LogP contribution is 2.17. The first-order valence-electron chi connectivity index (χ1n) is 5.52. The molecule has 106 valence electrons. The van der Waals surface area contributed by atoms with Gasteiger partial charge in [0.25, 0.3) is 0 Å². The molecule has 0 saturated carbocycles. The molecule has 18 heavy (non-hydrogen) atoms. The molecule has 1 aliphatic heterocycles. The molecule has 0 bridgehead atoms. The van der Waals surface area contributed by atoms with Gasteiger partial charge in [-0.2, -0.15) is 0 Å². The molecule has 1 rings (SSSR count). The Bertz CT molecular complexity index is 525. The zero-order chi connectivity index (χ0) is 14.1. The number of hydrogen-bond donors (Lipinski definition) is 1. The Morgan fingerprint density at radius 2 is 1.89 bits per heavy atom. The summed E-state index contributed by atoms with van der Waals surface area (Å²) in [5.41, 5.74) is 0. The summed E-state index contributed by atoms with van der Waals surface area (Å²) < 4.78 is 45.1. The number of hydrogen-bond acceptors (Lipinski definition) is 5. The lowest BCUT2D eigenvalue weighted by Crippen LogP contribution is -2.50. The van der Waals surface area contributed by atoms with Crippen LogP contribution >= 0.6 is 0 Å². The quantitative estimate of drug-likeness (QED) is 0.695.